The van der Waals surface area contributed by atoms with Crippen molar-refractivity contribution in [1.82, 2.24) is 0 Å². The first-order valence-electron chi connectivity index (χ1n) is 8.28. The highest BCUT2D eigenvalue weighted by atomic mass is 35.5. The second-order valence-corrected chi connectivity index (χ2v) is 6.58. The van der Waals surface area contributed by atoms with Crippen LogP contribution >= 0.6 is 11.6 Å². The van der Waals surface area contributed by atoms with Crippen molar-refractivity contribution in [3.63, 3.8) is 0 Å². The summed E-state index contributed by atoms with van der Waals surface area (Å²) in [4.78, 5) is 0. The summed E-state index contributed by atoms with van der Waals surface area (Å²) in [6, 6.07) is 27.4. The average molecular weight is 333 g/mol. The monoisotopic (exact) mass is 332 g/mol. The zero-order valence-electron chi connectivity index (χ0n) is 13.8. The van der Waals surface area contributed by atoms with Crippen LogP contribution in [-0.4, -0.2) is 0 Å². The molecule has 0 radical (unpaired) electrons. The van der Waals surface area contributed by atoms with Crippen LogP contribution in [0.3, 0.4) is 0 Å². The molecule has 0 amide bonds. The van der Waals surface area contributed by atoms with Crippen molar-refractivity contribution < 1.29 is 0 Å². The van der Waals surface area contributed by atoms with E-state index in [1.807, 2.05) is 24.3 Å². The Labute approximate surface area is 149 Å². The van der Waals surface area contributed by atoms with Crippen LogP contribution < -0.4 is 0 Å². The Kier molecular flexibility index (Phi) is 5.51. The van der Waals surface area contributed by atoms with Crippen LogP contribution in [0.1, 0.15) is 35.1 Å². The van der Waals surface area contributed by atoms with Crippen LogP contribution in [0.2, 0.25) is 5.02 Å². The predicted molar refractivity (Wildman–Crippen MR) is 105 cm³/mol. The van der Waals surface area contributed by atoms with Crippen LogP contribution in [0.4, 0.5) is 0 Å². The molecule has 120 valence electrons. The molecule has 1 heteroatoms. The van der Waals surface area contributed by atoms with Crippen molar-refractivity contribution in [2.45, 2.75) is 19.3 Å². The zero-order valence-corrected chi connectivity index (χ0v) is 14.6. The largest absolute Gasteiger partial charge is 0.0843 e. The lowest BCUT2D eigenvalue weighted by Gasteiger charge is -2.12. The average Bonchev–Trinajstić information content (AvgIpc) is 2.63. The van der Waals surface area contributed by atoms with Crippen LogP contribution in [0.15, 0.2) is 78.9 Å². The van der Waals surface area contributed by atoms with Gasteiger partial charge < -0.3 is 0 Å². The third-order valence-electron chi connectivity index (χ3n) is 4.23. The standard InChI is InChI=1S/C23H21Cl/c1-18(22-5-3-2-4-6-22)17-21-11-9-19(10-12-21)7-8-20-13-15-23(24)16-14-20/h2-16,18H,17H2,1H3/t18-/m0/s1. The van der Waals surface area contributed by atoms with Gasteiger partial charge in [0.15, 0.2) is 0 Å². The highest BCUT2D eigenvalue weighted by molar-refractivity contribution is 6.30. The van der Waals surface area contributed by atoms with Crippen molar-refractivity contribution in [2.75, 3.05) is 0 Å². The molecule has 0 aliphatic heterocycles. The fourth-order valence-corrected chi connectivity index (χ4v) is 2.91. The molecule has 0 aromatic heterocycles. The number of hydrogen-bond acceptors (Lipinski definition) is 0. The number of benzene rings is 3. The second-order valence-electron chi connectivity index (χ2n) is 6.14. The molecule has 0 saturated carbocycles. The summed E-state index contributed by atoms with van der Waals surface area (Å²) >= 11 is 5.91. The normalized spacial score (nSPS) is 12.4. The molecule has 0 fully saturated rings. The van der Waals surface area contributed by atoms with Crippen molar-refractivity contribution in [1.29, 1.82) is 0 Å². The first-order chi connectivity index (χ1) is 11.7. The van der Waals surface area contributed by atoms with Gasteiger partial charge in [-0.15, -0.1) is 0 Å². The maximum atomic E-state index is 5.91. The lowest BCUT2D eigenvalue weighted by atomic mass is 9.93. The molecule has 24 heavy (non-hydrogen) atoms. The Morgan fingerprint density at radius 1 is 0.750 bits per heavy atom. The minimum atomic E-state index is 0.529. The highest BCUT2D eigenvalue weighted by Crippen LogP contribution is 2.21. The Balaban J connectivity index is 1.64. The molecule has 0 saturated heterocycles. The molecule has 3 aromatic carbocycles. The van der Waals surface area contributed by atoms with E-state index in [0.717, 1.165) is 17.0 Å². The first kappa shape index (κ1) is 16.5. The van der Waals surface area contributed by atoms with E-state index in [2.05, 4.69) is 73.7 Å². The summed E-state index contributed by atoms with van der Waals surface area (Å²) in [5.74, 6) is 0.529. The maximum Gasteiger partial charge on any atom is 0.0406 e. The fraction of sp³-hybridized carbons (Fsp3) is 0.130. The third-order valence-corrected chi connectivity index (χ3v) is 4.48. The van der Waals surface area contributed by atoms with Crippen molar-refractivity contribution in [3.8, 4) is 0 Å². The van der Waals surface area contributed by atoms with E-state index in [1.54, 1.807) is 0 Å². The van der Waals surface area contributed by atoms with Crippen molar-refractivity contribution in [3.05, 3.63) is 106 Å². The van der Waals surface area contributed by atoms with Gasteiger partial charge >= 0.3 is 0 Å². The summed E-state index contributed by atoms with van der Waals surface area (Å²) in [6.07, 6.45) is 5.30. The minimum absolute atomic E-state index is 0.529. The first-order valence-corrected chi connectivity index (χ1v) is 8.66. The van der Waals surface area contributed by atoms with E-state index in [1.165, 1.54) is 16.7 Å². The van der Waals surface area contributed by atoms with E-state index in [4.69, 9.17) is 11.6 Å². The molecule has 0 spiro atoms. The summed E-state index contributed by atoms with van der Waals surface area (Å²) in [7, 11) is 0. The molecule has 3 rings (SSSR count). The SMILES string of the molecule is C[C@@H](Cc1ccc(C=Cc2ccc(Cl)cc2)cc1)c1ccccc1. The van der Waals surface area contributed by atoms with Gasteiger partial charge in [-0.3, -0.25) is 0 Å². The Morgan fingerprint density at radius 3 is 1.88 bits per heavy atom. The van der Waals surface area contributed by atoms with Crippen LogP contribution in [0.25, 0.3) is 12.2 Å². The van der Waals surface area contributed by atoms with Crippen LogP contribution in [-0.2, 0) is 6.42 Å². The van der Waals surface area contributed by atoms with Gasteiger partial charge in [0.1, 0.15) is 0 Å². The zero-order chi connectivity index (χ0) is 16.8. The Hall–Kier alpha value is -2.31. The van der Waals surface area contributed by atoms with Gasteiger partial charge in [-0.1, -0.05) is 97.4 Å². The summed E-state index contributed by atoms with van der Waals surface area (Å²) in [6.45, 7) is 2.28. The summed E-state index contributed by atoms with van der Waals surface area (Å²) in [5.41, 5.74) is 5.13. The van der Waals surface area contributed by atoms with Crippen LogP contribution in [0, 0.1) is 0 Å². The molecule has 0 heterocycles. The van der Waals surface area contributed by atoms with E-state index in [9.17, 15) is 0 Å². The molecule has 1 atom stereocenters. The molecule has 0 aliphatic carbocycles. The topological polar surface area (TPSA) is 0 Å². The fourth-order valence-electron chi connectivity index (χ4n) is 2.78. The van der Waals surface area contributed by atoms with E-state index in [-0.39, 0.29) is 0 Å². The number of halogens is 1. The van der Waals surface area contributed by atoms with Crippen molar-refractivity contribution in [2.24, 2.45) is 0 Å². The molecule has 0 bridgehead atoms. The van der Waals surface area contributed by atoms with Gasteiger partial charge in [-0.25, -0.2) is 0 Å². The molecule has 0 unspecified atom stereocenters. The number of rotatable bonds is 5. The van der Waals surface area contributed by atoms with Gasteiger partial charge in [0, 0.05) is 5.02 Å². The summed E-state index contributed by atoms with van der Waals surface area (Å²) < 4.78 is 0. The van der Waals surface area contributed by atoms with Crippen LogP contribution in [0.5, 0.6) is 0 Å². The molecule has 0 aliphatic rings. The molecular formula is C23H21Cl. The van der Waals surface area contributed by atoms with E-state index in [0.29, 0.717) is 5.92 Å². The van der Waals surface area contributed by atoms with Gasteiger partial charge in [-0.05, 0) is 46.7 Å². The Bertz CT molecular complexity index is 784. The van der Waals surface area contributed by atoms with Gasteiger partial charge in [0.05, 0.1) is 0 Å². The van der Waals surface area contributed by atoms with Gasteiger partial charge in [0.25, 0.3) is 0 Å². The van der Waals surface area contributed by atoms with Gasteiger partial charge in [0.2, 0.25) is 0 Å². The molecule has 3 aromatic rings. The highest BCUT2D eigenvalue weighted by Gasteiger charge is 2.05. The maximum absolute atomic E-state index is 5.91. The molecule has 0 N–H and O–H groups in total. The van der Waals surface area contributed by atoms with E-state index >= 15 is 0 Å². The quantitative estimate of drug-likeness (QED) is 0.448. The van der Waals surface area contributed by atoms with Gasteiger partial charge in [-0.2, -0.15) is 0 Å². The second kappa shape index (κ2) is 7.99. The number of hydrogen-bond donors (Lipinski definition) is 0. The Morgan fingerprint density at radius 2 is 1.29 bits per heavy atom. The predicted octanol–water partition coefficient (Wildman–Crippen LogP) is 6.86. The molecule has 0 nitrogen and oxygen atoms in total. The third kappa shape index (κ3) is 4.59. The smallest absolute Gasteiger partial charge is 0.0406 e. The lowest BCUT2D eigenvalue weighted by Crippen LogP contribution is -1.98. The lowest BCUT2D eigenvalue weighted by molar-refractivity contribution is 0.759. The summed E-state index contributed by atoms with van der Waals surface area (Å²) in [5, 5.41) is 0.768. The van der Waals surface area contributed by atoms with E-state index < -0.39 is 0 Å². The minimum Gasteiger partial charge on any atom is -0.0843 e. The molecular weight excluding hydrogens is 312 g/mol. The van der Waals surface area contributed by atoms with Crippen molar-refractivity contribution >= 4 is 23.8 Å².